The van der Waals surface area contributed by atoms with E-state index in [-0.39, 0.29) is 17.9 Å². The molecular weight excluding hydrogens is 196 g/mol. The Hall–Kier alpha value is -1.10. The van der Waals surface area contributed by atoms with E-state index in [0.29, 0.717) is 6.54 Å². The minimum Gasteiger partial charge on any atom is -0.468 e. The van der Waals surface area contributed by atoms with Gasteiger partial charge in [0.2, 0.25) is 5.91 Å². The molecule has 1 amide bonds. The molecule has 1 fully saturated rings. The number of ether oxygens (including phenoxy) is 1. The van der Waals surface area contributed by atoms with Crippen molar-refractivity contribution in [1.82, 2.24) is 10.6 Å². The van der Waals surface area contributed by atoms with E-state index in [1.807, 2.05) is 6.92 Å². The van der Waals surface area contributed by atoms with Crippen LogP contribution in [0.2, 0.25) is 0 Å². The van der Waals surface area contributed by atoms with Crippen LogP contribution in [0.4, 0.5) is 0 Å². The summed E-state index contributed by atoms with van der Waals surface area (Å²) < 4.78 is 4.46. The Bertz CT molecular complexity index is 247. The Morgan fingerprint density at radius 3 is 2.73 bits per heavy atom. The van der Waals surface area contributed by atoms with Gasteiger partial charge in [0.1, 0.15) is 6.54 Å². The predicted octanol–water partition coefficient (Wildman–Crippen LogP) is -0.335. The molecule has 2 N–H and O–H groups in total. The van der Waals surface area contributed by atoms with E-state index in [2.05, 4.69) is 15.4 Å². The molecule has 0 aromatic heterocycles. The molecule has 1 heterocycles. The molecule has 0 saturated carbocycles. The zero-order chi connectivity index (χ0) is 11.3. The molecule has 0 aliphatic carbocycles. The summed E-state index contributed by atoms with van der Waals surface area (Å²) in [5.41, 5.74) is -0.339. The van der Waals surface area contributed by atoms with Gasteiger partial charge in [0.05, 0.1) is 12.5 Å². The van der Waals surface area contributed by atoms with Crippen molar-refractivity contribution < 1.29 is 14.3 Å². The first kappa shape index (κ1) is 12.0. The quantitative estimate of drug-likeness (QED) is 0.629. The number of carbonyl (C=O) groups excluding carboxylic acids is 2. The maximum atomic E-state index is 11.9. The zero-order valence-corrected chi connectivity index (χ0v) is 9.26. The monoisotopic (exact) mass is 214 g/mol. The highest BCUT2D eigenvalue weighted by molar-refractivity contribution is 5.86. The maximum absolute atomic E-state index is 11.9. The summed E-state index contributed by atoms with van der Waals surface area (Å²) in [5, 5.41) is 5.78. The molecule has 86 valence electrons. The van der Waals surface area contributed by atoms with Gasteiger partial charge < -0.3 is 15.4 Å². The van der Waals surface area contributed by atoms with Crippen molar-refractivity contribution in [2.75, 3.05) is 26.7 Å². The van der Waals surface area contributed by atoms with Gasteiger partial charge in [0, 0.05) is 6.54 Å². The summed E-state index contributed by atoms with van der Waals surface area (Å²) in [6, 6.07) is 0. The van der Waals surface area contributed by atoms with E-state index >= 15 is 0 Å². The van der Waals surface area contributed by atoms with Gasteiger partial charge in [-0.25, -0.2) is 0 Å². The molecule has 0 aromatic rings. The molecule has 5 nitrogen and oxygen atoms in total. The number of nitrogens with one attached hydrogen (secondary N) is 2. The lowest BCUT2D eigenvalue weighted by Crippen LogP contribution is -2.44. The molecule has 1 saturated heterocycles. The molecule has 0 spiro atoms. The molecule has 5 heteroatoms. The lowest BCUT2D eigenvalue weighted by atomic mass is 9.83. The number of methoxy groups -OCH3 is 1. The van der Waals surface area contributed by atoms with Crippen molar-refractivity contribution in [2.24, 2.45) is 5.41 Å². The third-order valence-electron chi connectivity index (χ3n) is 3.02. The highest BCUT2D eigenvalue weighted by Gasteiger charge is 2.39. The van der Waals surface area contributed by atoms with Gasteiger partial charge in [-0.2, -0.15) is 0 Å². The van der Waals surface area contributed by atoms with Crippen LogP contribution < -0.4 is 10.6 Å². The second-order valence-electron chi connectivity index (χ2n) is 3.82. The number of carbonyl (C=O) groups is 2. The number of amides is 1. The summed E-state index contributed by atoms with van der Waals surface area (Å²) in [7, 11) is 1.31. The number of rotatable bonds is 4. The molecule has 15 heavy (non-hydrogen) atoms. The van der Waals surface area contributed by atoms with E-state index < -0.39 is 5.97 Å². The normalized spacial score (nSPS) is 24.9. The molecule has 1 aliphatic heterocycles. The number of esters is 1. The summed E-state index contributed by atoms with van der Waals surface area (Å²) in [6.07, 6.45) is 1.61. The van der Waals surface area contributed by atoms with E-state index in [0.717, 1.165) is 19.4 Å². The molecule has 1 aliphatic rings. The molecule has 1 unspecified atom stereocenters. The SMILES string of the molecule is CCC1(C(=O)NCC(=O)OC)CCNC1. The third-order valence-corrected chi connectivity index (χ3v) is 3.02. The molecule has 1 rings (SSSR count). The first-order chi connectivity index (χ1) is 7.14. The smallest absolute Gasteiger partial charge is 0.325 e. The Balaban J connectivity index is 2.47. The molecule has 1 atom stereocenters. The van der Waals surface area contributed by atoms with Crippen molar-refractivity contribution in [2.45, 2.75) is 19.8 Å². The zero-order valence-electron chi connectivity index (χ0n) is 9.26. The Morgan fingerprint density at radius 2 is 2.27 bits per heavy atom. The maximum Gasteiger partial charge on any atom is 0.325 e. The van der Waals surface area contributed by atoms with Gasteiger partial charge in [-0.3, -0.25) is 9.59 Å². The van der Waals surface area contributed by atoms with Crippen LogP contribution in [-0.2, 0) is 14.3 Å². The largest absolute Gasteiger partial charge is 0.468 e. The minimum absolute atomic E-state index is 0.0446. The summed E-state index contributed by atoms with van der Waals surface area (Å²) in [5.74, 6) is -0.471. The molecule has 0 bridgehead atoms. The third kappa shape index (κ3) is 2.68. The van der Waals surface area contributed by atoms with Crippen LogP contribution in [0.15, 0.2) is 0 Å². The lowest BCUT2D eigenvalue weighted by molar-refractivity contribution is -0.142. The molecular formula is C10H18N2O3. The standard InChI is InChI=1S/C10H18N2O3/c1-3-10(4-5-11-7-10)9(14)12-6-8(13)15-2/h11H,3-7H2,1-2H3,(H,12,14). The Morgan fingerprint density at radius 1 is 1.53 bits per heavy atom. The average Bonchev–Trinajstić information content (AvgIpc) is 2.75. The van der Waals surface area contributed by atoms with Gasteiger partial charge in [-0.15, -0.1) is 0 Å². The van der Waals surface area contributed by atoms with Crippen LogP contribution >= 0.6 is 0 Å². The highest BCUT2D eigenvalue weighted by atomic mass is 16.5. The average molecular weight is 214 g/mol. The minimum atomic E-state index is -0.416. The number of hydrogen-bond acceptors (Lipinski definition) is 4. The van der Waals surface area contributed by atoms with E-state index in [9.17, 15) is 9.59 Å². The summed E-state index contributed by atoms with van der Waals surface area (Å²) in [6.45, 7) is 3.50. The predicted molar refractivity (Wildman–Crippen MR) is 55.2 cm³/mol. The van der Waals surface area contributed by atoms with Crippen LogP contribution in [0.3, 0.4) is 0 Å². The van der Waals surface area contributed by atoms with Crippen molar-refractivity contribution in [3.8, 4) is 0 Å². The van der Waals surface area contributed by atoms with Crippen LogP contribution in [0.25, 0.3) is 0 Å². The lowest BCUT2D eigenvalue weighted by Gasteiger charge is -2.24. The van der Waals surface area contributed by atoms with Crippen molar-refractivity contribution in [3.05, 3.63) is 0 Å². The van der Waals surface area contributed by atoms with Crippen LogP contribution in [0, 0.1) is 5.41 Å². The van der Waals surface area contributed by atoms with Gasteiger partial charge in [-0.1, -0.05) is 6.92 Å². The second kappa shape index (κ2) is 5.11. The van der Waals surface area contributed by atoms with E-state index in [1.54, 1.807) is 0 Å². The van der Waals surface area contributed by atoms with Crippen LogP contribution in [0.1, 0.15) is 19.8 Å². The number of hydrogen-bond donors (Lipinski definition) is 2. The molecule has 0 radical (unpaired) electrons. The van der Waals surface area contributed by atoms with Crippen LogP contribution in [-0.4, -0.2) is 38.6 Å². The van der Waals surface area contributed by atoms with Gasteiger partial charge in [0.25, 0.3) is 0 Å². The Labute approximate surface area is 89.6 Å². The van der Waals surface area contributed by atoms with Gasteiger partial charge in [0.15, 0.2) is 0 Å². The van der Waals surface area contributed by atoms with Gasteiger partial charge >= 0.3 is 5.97 Å². The topological polar surface area (TPSA) is 67.4 Å². The fourth-order valence-corrected chi connectivity index (χ4v) is 1.81. The highest BCUT2D eigenvalue weighted by Crippen LogP contribution is 2.29. The van der Waals surface area contributed by atoms with Gasteiger partial charge in [-0.05, 0) is 19.4 Å². The second-order valence-corrected chi connectivity index (χ2v) is 3.82. The van der Waals surface area contributed by atoms with Crippen molar-refractivity contribution in [1.29, 1.82) is 0 Å². The van der Waals surface area contributed by atoms with Crippen LogP contribution in [0.5, 0.6) is 0 Å². The molecule has 0 aromatic carbocycles. The van der Waals surface area contributed by atoms with E-state index in [1.165, 1.54) is 7.11 Å². The fourth-order valence-electron chi connectivity index (χ4n) is 1.81. The summed E-state index contributed by atoms with van der Waals surface area (Å²) >= 11 is 0. The fraction of sp³-hybridized carbons (Fsp3) is 0.800. The first-order valence-electron chi connectivity index (χ1n) is 5.20. The summed E-state index contributed by atoms with van der Waals surface area (Å²) in [4.78, 5) is 22.7. The first-order valence-corrected chi connectivity index (χ1v) is 5.20. The van der Waals surface area contributed by atoms with Crippen molar-refractivity contribution >= 4 is 11.9 Å². The van der Waals surface area contributed by atoms with Crippen molar-refractivity contribution in [3.63, 3.8) is 0 Å². The van der Waals surface area contributed by atoms with E-state index in [4.69, 9.17) is 0 Å². The Kier molecular flexibility index (Phi) is 4.08.